The number of piperidine rings is 1. The Hall–Kier alpha value is -3.13. The van der Waals surface area contributed by atoms with E-state index in [-0.39, 0.29) is 11.8 Å². The number of hydrogen-bond donors (Lipinski definition) is 1. The number of amides is 2. The third kappa shape index (κ3) is 2.47. The number of pyridine rings is 1. The molecule has 124 valence electrons. The predicted octanol–water partition coefficient (Wildman–Crippen LogP) is 2.93. The molecular formula is C20H17N3O2. The quantitative estimate of drug-likeness (QED) is 0.551. The molecule has 1 atom stereocenters. The number of imide groups is 1. The van der Waals surface area contributed by atoms with Crippen molar-refractivity contribution in [1.29, 1.82) is 0 Å². The highest BCUT2D eigenvalue weighted by Gasteiger charge is 2.31. The molecule has 0 spiro atoms. The summed E-state index contributed by atoms with van der Waals surface area (Å²) in [5.41, 5.74) is 2.58. The van der Waals surface area contributed by atoms with E-state index in [4.69, 9.17) is 0 Å². The van der Waals surface area contributed by atoms with Crippen molar-refractivity contribution in [2.45, 2.75) is 32.2 Å². The molecule has 5 nitrogen and oxygen atoms in total. The minimum atomic E-state index is -0.443. The highest BCUT2D eigenvalue weighted by atomic mass is 16.2. The Morgan fingerprint density at radius 2 is 2.12 bits per heavy atom. The minimum Gasteiger partial charge on any atom is -0.313 e. The van der Waals surface area contributed by atoms with Gasteiger partial charge in [-0.2, -0.15) is 0 Å². The SMILES string of the molecule is CCC#Cc1ccnc2c1c1ccccc1n2C1CCC(=O)NC1=O. The van der Waals surface area contributed by atoms with Crippen LogP contribution >= 0.6 is 0 Å². The van der Waals surface area contributed by atoms with E-state index in [1.54, 1.807) is 6.20 Å². The topological polar surface area (TPSA) is 64.0 Å². The van der Waals surface area contributed by atoms with Crippen molar-refractivity contribution in [3.63, 3.8) is 0 Å². The molecule has 1 saturated heterocycles. The molecule has 1 aliphatic rings. The van der Waals surface area contributed by atoms with E-state index < -0.39 is 6.04 Å². The van der Waals surface area contributed by atoms with Crippen molar-refractivity contribution in [2.24, 2.45) is 0 Å². The number of aromatic nitrogens is 2. The van der Waals surface area contributed by atoms with Crippen LogP contribution in [-0.4, -0.2) is 21.4 Å². The average Bonchev–Trinajstić information content (AvgIpc) is 2.95. The van der Waals surface area contributed by atoms with Crippen LogP contribution < -0.4 is 5.32 Å². The Morgan fingerprint density at radius 1 is 1.28 bits per heavy atom. The van der Waals surface area contributed by atoms with Gasteiger partial charge >= 0.3 is 0 Å². The number of rotatable bonds is 1. The maximum atomic E-state index is 12.4. The lowest BCUT2D eigenvalue weighted by Crippen LogP contribution is -2.41. The smallest absolute Gasteiger partial charge is 0.249 e. The van der Waals surface area contributed by atoms with E-state index in [1.165, 1.54) is 0 Å². The van der Waals surface area contributed by atoms with E-state index in [9.17, 15) is 9.59 Å². The zero-order chi connectivity index (χ0) is 17.4. The zero-order valence-corrected chi connectivity index (χ0v) is 13.9. The lowest BCUT2D eigenvalue weighted by molar-refractivity contribution is -0.135. The van der Waals surface area contributed by atoms with E-state index in [1.807, 2.05) is 41.8 Å². The molecule has 0 radical (unpaired) electrons. The molecule has 1 aromatic carbocycles. The lowest BCUT2D eigenvalue weighted by atomic mass is 10.1. The summed E-state index contributed by atoms with van der Waals surface area (Å²) in [4.78, 5) is 28.5. The van der Waals surface area contributed by atoms with Crippen LogP contribution in [0.1, 0.15) is 37.8 Å². The number of nitrogens with zero attached hydrogens (tertiary/aromatic N) is 2. The molecule has 1 unspecified atom stereocenters. The van der Waals surface area contributed by atoms with Crippen LogP contribution in [-0.2, 0) is 9.59 Å². The molecule has 5 heteroatoms. The first kappa shape index (κ1) is 15.4. The first-order chi connectivity index (χ1) is 12.2. The summed E-state index contributed by atoms with van der Waals surface area (Å²) in [7, 11) is 0. The number of benzene rings is 1. The molecule has 2 amide bonds. The molecule has 0 saturated carbocycles. The molecule has 25 heavy (non-hydrogen) atoms. The summed E-state index contributed by atoms with van der Waals surface area (Å²) < 4.78 is 1.95. The second-order valence-corrected chi connectivity index (χ2v) is 6.07. The molecule has 0 bridgehead atoms. The van der Waals surface area contributed by atoms with Crippen molar-refractivity contribution in [2.75, 3.05) is 0 Å². The van der Waals surface area contributed by atoms with Crippen molar-refractivity contribution >= 4 is 33.8 Å². The Balaban J connectivity index is 2.03. The van der Waals surface area contributed by atoms with Crippen molar-refractivity contribution in [1.82, 2.24) is 14.9 Å². The Bertz CT molecular complexity index is 1070. The van der Waals surface area contributed by atoms with Crippen molar-refractivity contribution < 1.29 is 9.59 Å². The second-order valence-electron chi connectivity index (χ2n) is 6.07. The van der Waals surface area contributed by atoms with Crippen LogP contribution in [0.5, 0.6) is 0 Å². The normalized spacial score (nSPS) is 17.4. The third-order valence-electron chi connectivity index (χ3n) is 4.51. The van der Waals surface area contributed by atoms with Crippen LogP contribution in [0.4, 0.5) is 0 Å². The van der Waals surface area contributed by atoms with E-state index in [0.717, 1.165) is 33.9 Å². The van der Waals surface area contributed by atoms with E-state index in [2.05, 4.69) is 22.1 Å². The monoisotopic (exact) mass is 331 g/mol. The van der Waals surface area contributed by atoms with E-state index in [0.29, 0.717) is 12.8 Å². The van der Waals surface area contributed by atoms with Gasteiger partial charge in [0.25, 0.3) is 0 Å². The van der Waals surface area contributed by atoms with E-state index >= 15 is 0 Å². The largest absolute Gasteiger partial charge is 0.313 e. The molecule has 2 aromatic heterocycles. The Kier molecular flexibility index (Phi) is 3.73. The first-order valence-electron chi connectivity index (χ1n) is 8.41. The predicted molar refractivity (Wildman–Crippen MR) is 95.8 cm³/mol. The highest BCUT2D eigenvalue weighted by Crippen LogP contribution is 2.34. The molecule has 4 rings (SSSR count). The number of carbonyl (C=O) groups is 2. The summed E-state index contributed by atoms with van der Waals surface area (Å²) in [6.45, 7) is 2.01. The van der Waals surface area contributed by atoms with Gasteiger partial charge in [0, 0.05) is 35.4 Å². The number of nitrogens with one attached hydrogen (secondary N) is 1. The maximum Gasteiger partial charge on any atom is 0.249 e. The van der Waals surface area contributed by atoms with Crippen molar-refractivity contribution in [3.05, 3.63) is 42.1 Å². The molecule has 0 aliphatic carbocycles. The van der Waals surface area contributed by atoms with Gasteiger partial charge in [-0.15, -0.1) is 0 Å². The summed E-state index contributed by atoms with van der Waals surface area (Å²) in [5, 5.41) is 4.43. The van der Waals surface area contributed by atoms with Crippen LogP contribution in [0.25, 0.3) is 21.9 Å². The minimum absolute atomic E-state index is 0.218. The summed E-state index contributed by atoms with van der Waals surface area (Å²) in [6.07, 6.45) is 3.31. The fourth-order valence-corrected chi connectivity index (χ4v) is 3.44. The van der Waals surface area contributed by atoms with Gasteiger partial charge in [-0.25, -0.2) is 4.98 Å². The van der Waals surface area contributed by atoms with Crippen LogP contribution in [0.3, 0.4) is 0 Å². The molecule has 1 fully saturated rings. The van der Waals surface area contributed by atoms with Gasteiger partial charge in [0.2, 0.25) is 11.8 Å². The van der Waals surface area contributed by atoms with Crippen LogP contribution in [0.2, 0.25) is 0 Å². The van der Waals surface area contributed by atoms with Gasteiger partial charge in [-0.3, -0.25) is 14.9 Å². The molecular weight excluding hydrogens is 314 g/mol. The molecule has 3 heterocycles. The summed E-state index contributed by atoms with van der Waals surface area (Å²) >= 11 is 0. The van der Waals surface area contributed by atoms with Crippen LogP contribution in [0, 0.1) is 11.8 Å². The summed E-state index contributed by atoms with van der Waals surface area (Å²) in [5.74, 6) is 5.83. The standard InChI is InChI=1S/C20H17N3O2/c1-2-3-6-13-11-12-21-19-18(13)14-7-4-5-8-15(14)23(19)16-9-10-17(24)22-20(16)25/h4-5,7-8,11-12,16H,2,9-10H2,1H3,(H,22,24,25). The molecule has 1 aliphatic heterocycles. The van der Waals surface area contributed by atoms with Crippen molar-refractivity contribution in [3.8, 4) is 11.8 Å². The number of carbonyl (C=O) groups excluding carboxylic acids is 2. The fraction of sp³-hybridized carbons (Fsp3) is 0.250. The Labute approximate surface area is 145 Å². The number of hydrogen-bond acceptors (Lipinski definition) is 3. The first-order valence-corrected chi connectivity index (χ1v) is 8.41. The van der Waals surface area contributed by atoms with Gasteiger partial charge in [0.05, 0.1) is 5.52 Å². The molecule has 3 aromatic rings. The summed E-state index contributed by atoms with van der Waals surface area (Å²) in [6, 6.07) is 9.40. The number of fused-ring (bicyclic) bond motifs is 3. The third-order valence-corrected chi connectivity index (χ3v) is 4.51. The zero-order valence-electron chi connectivity index (χ0n) is 13.9. The van der Waals surface area contributed by atoms with Gasteiger partial charge < -0.3 is 4.57 Å². The van der Waals surface area contributed by atoms with Gasteiger partial charge in [0.1, 0.15) is 11.7 Å². The fourth-order valence-electron chi connectivity index (χ4n) is 3.44. The lowest BCUT2D eigenvalue weighted by Gasteiger charge is -2.23. The number of para-hydroxylation sites is 1. The van der Waals surface area contributed by atoms with Gasteiger partial charge in [-0.05, 0) is 18.6 Å². The van der Waals surface area contributed by atoms with Gasteiger partial charge in [0.15, 0.2) is 0 Å². The average molecular weight is 331 g/mol. The Morgan fingerprint density at radius 3 is 2.92 bits per heavy atom. The maximum absolute atomic E-state index is 12.4. The van der Waals surface area contributed by atoms with Crippen LogP contribution in [0.15, 0.2) is 36.5 Å². The van der Waals surface area contributed by atoms with Gasteiger partial charge in [-0.1, -0.05) is 37.0 Å². The molecule has 1 N–H and O–H groups in total. The second kappa shape index (κ2) is 6.06. The highest BCUT2D eigenvalue weighted by molar-refractivity contribution is 6.11.